The third-order valence-corrected chi connectivity index (χ3v) is 8.71. The number of allylic oxidation sites excluding steroid dienone is 3. The topological polar surface area (TPSA) is 46.6 Å². The Balaban J connectivity index is 1.42. The molecule has 1 saturated carbocycles. The van der Waals surface area contributed by atoms with Crippen LogP contribution in [0.15, 0.2) is 54.6 Å². The third kappa shape index (κ3) is 9.95. The highest BCUT2D eigenvalue weighted by Gasteiger charge is 2.28. The molecule has 39 heavy (non-hydrogen) atoms. The molecule has 1 aromatic carbocycles. The van der Waals surface area contributed by atoms with Crippen LogP contribution < -0.4 is 0 Å². The number of carbonyl (C=O) groups excluding carboxylic acids is 2. The Kier molecular flexibility index (Phi) is 12.8. The number of thiophene rings is 1. The largest absolute Gasteiger partial charge is 0.461 e. The van der Waals surface area contributed by atoms with E-state index in [0.717, 1.165) is 63.1 Å². The van der Waals surface area contributed by atoms with Crippen molar-refractivity contribution in [3.05, 3.63) is 80.5 Å². The monoisotopic (exact) mass is 569 g/mol. The van der Waals surface area contributed by atoms with Gasteiger partial charge in [-0.05, 0) is 106 Å². The van der Waals surface area contributed by atoms with Crippen molar-refractivity contribution in [3.8, 4) is 0 Å². The lowest BCUT2D eigenvalue weighted by molar-refractivity contribution is -0.132. The van der Waals surface area contributed by atoms with Gasteiger partial charge in [-0.15, -0.1) is 11.3 Å². The van der Waals surface area contributed by atoms with Crippen LogP contribution in [0.5, 0.6) is 0 Å². The average molecular weight is 570 g/mol. The van der Waals surface area contributed by atoms with Gasteiger partial charge in [-0.25, -0.2) is 4.79 Å². The van der Waals surface area contributed by atoms with Crippen LogP contribution in [0.1, 0.15) is 84.5 Å². The third-order valence-electron chi connectivity index (χ3n) is 7.37. The number of rotatable bonds is 15. The van der Waals surface area contributed by atoms with Gasteiger partial charge in [0.2, 0.25) is 5.91 Å². The molecule has 4 nitrogen and oxygen atoms in total. The van der Waals surface area contributed by atoms with E-state index in [4.69, 9.17) is 16.3 Å². The van der Waals surface area contributed by atoms with E-state index in [0.29, 0.717) is 16.7 Å². The Hall–Kier alpha value is -2.37. The lowest BCUT2D eigenvalue weighted by Crippen LogP contribution is -2.33. The summed E-state index contributed by atoms with van der Waals surface area (Å²) in [4.78, 5) is 28.6. The second-order valence-electron chi connectivity index (χ2n) is 10.7. The van der Waals surface area contributed by atoms with Gasteiger partial charge in [0, 0.05) is 23.0 Å². The molecule has 212 valence electrons. The molecule has 1 amide bonds. The summed E-state index contributed by atoms with van der Waals surface area (Å²) in [5, 5.41) is 0.798. The molecule has 2 atom stereocenters. The minimum atomic E-state index is -0.333. The highest BCUT2D eigenvalue weighted by Crippen LogP contribution is 2.40. The van der Waals surface area contributed by atoms with Crippen molar-refractivity contribution in [2.24, 2.45) is 11.8 Å². The van der Waals surface area contributed by atoms with Crippen molar-refractivity contribution in [1.82, 2.24) is 4.90 Å². The molecule has 6 heteroatoms. The molecule has 3 rings (SSSR count). The Morgan fingerprint density at radius 2 is 1.95 bits per heavy atom. The van der Waals surface area contributed by atoms with E-state index < -0.39 is 0 Å². The summed E-state index contributed by atoms with van der Waals surface area (Å²) in [6.45, 7) is 12.2. The van der Waals surface area contributed by atoms with Gasteiger partial charge in [-0.2, -0.15) is 0 Å². The number of hydrogen-bond acceptors (Lipinski definition) is 4. The van der Waals surface area contributed by atoms with Gasteiger partial charge in [-0.3, -0.25) is 4.79 Å². The van der Waals surface area contributed by atoms with Gasteiger partial charge >= 0.3 is 5.97 Å². The summed E-state index contributed by atoms with van der Waals surface area (Å²) in [5.41, 5.74) is 3.81. The SMILES string of the molecule is C=C1CCC(C=CCc2cc(C)cc(Cl)c2)[C@H]1CCCc1ccc(C(=O)OCCC(=O)N(CCC)CCC)s1. The molecule has 1 aliphatic carbocycles. The molecule has 1 aliphatic rings. The van der Waals surface area contributed by atoms with Gasteiger partial charge < -0.3 is 9.64 Å². The van der Waals surface area contributed by atoms with Crippen LogP contribution in [-0.2, 0) is 22.4 Å². The number of hydrogen-bond donors (Lipinski definition) is 0. The zero-order valence-electron chi connectivity index (χ0n) is 23.8. The number of aryl methyl sites for hydroxylation is 2. The molecular formula is C33H44ClNO3S. The van der Waals surface area contributed by atoms with E-state index in [2.05, 4.69) is 45.6 Å². The van der Waals surface area contributed by atoms with Crippen LogP contribution in [0.25, 0.3) is 0 Å². The van der Waals surface area contributed by atoms with E-state index in [-0.39, 0.29) is 24.9 Å². The number of carbonyl (C=O) groups is 2. The van der Waals surface area contributed by atoms with E-state index in [9.17, 15) is 9.59 Å². The number of nitrogens with zero attached hydrogens (tertiary/aromatic N) is 1. The van der Waals surface area contributed by atoms with Crippen LogP contribution >= 0.6 is 22.9 Å². The van der Waals surface area contributed by atoms with E-state index in [1.807, 2.05) is 29.2 Å². The molecule has 1 fully saturated rings. The van der Waals surface area contributed by atoms with Crippen molar-refractivity contribution in [1.29, 1.82) is 0 Å². The fourth-order valence-electron chi connectivity index (χ4n) is 5.48. The minimum Gasteiger partial charge on any atom is -0.461 e. The number of benzene rings is 1. The number of amides is 1. The molecule has 0 radical (unpaired) electrons. The quantitative estimate of drug-likeness (QED) is 0.159. The maximum Gasteiger partial charge on any atom is 0.348 e. The van der Waals surface area contributed by atoms with Gasteiger partial charge in [0.05, 0.1) is 6.42 Å². The summed E-state index contributed by atoms with van der Waals surface area (Å²) < 4.78 is 5.41. The first-order valence-corrected chi connectivity index (χ1v) is 15.6. The molecule has 1 heterocycles. The lowest BCUT2D eigenvalue weighted by Gasteiger charge is -2.21. The summed E-state index contributed by atoms with van der Waals surface area (Å²) >= 11 is 7.72. The van der Waals surface area contributed by atoms with Crippen molar-refractivity contribution < 1.29 is 14.3 Å². The fraction of sp³-hybridized carbons (Fsp3) is 0.515. The number of esters is 1. The van der Waals surface area contributed by atoms with Crippen LogP contribution in [0.2, 0.25) is 5.02 Å². The maximum absolute atomic E-state index is 12.5. The predicted octanol–water partition coefficient (Wildman–Crippen LogP) is 8.61. The van der Waals surface area contributed by atoms with Crippen molar-refractivity contribution in [2.75, 3.05) is 19.7 Å². The fourth-order valence-corrected chi connectivity index (χ4v) is 6.73. The highest BCUT2D eigenvalue weighted by molar-refractivity contribution is 7.13. The van der Waals surface area contributed by atoms with E-state index in [1.54, 1.807) is 0 Å². The van der Waals surface area contributed by atoms with E-state index in [1.165, 1.54) is 39.3 Å². The zero-order valence-corrected chi connectivity index (χ0v) is 25.4. The molecule has 2 aromatic rings. The van der Waals surface area contributed by atoms with Crippen LogP contribution in [0, 0.1) is 18.8 Å². The molecule has 0 bridgehead atoms. The highest BCUT2D eigenvalue weighted by atomic mass is 35.5. The molecule has 0 N–H and O–H groups in total. The molecule has 0 spiro atoms. The molecular weight excluding hydrogens is 526 g/mol. The minimum absolute atomic E-state index is 0.0552. The zero-order chi connectivity index (χ0) is 28.2. The standard InChI is InChI=1S/C33H44ClNO3S/c1-5-18-35(19-6-2)32(36)17-20-38-33(37)31-16-15-29(39-31)11-8-12-30-25(4)13-14-27(30)10-7-9-26-21-24(3)22-28(34)23-26/h7,10,15-16,21-23,27,30H,4-6,8-9,11-14,17-20H2,1-3H3/t27?,30-/m0/s1. The maximum atomic E-state index is 12.5. The average Bonchev–Trinajstić information content (AvgIpc) is 3.50. The normalized spacial score (nSPS) is 17.2. The first-order valence-electron chi connectivity index (χ1n) is 14.4. The molecule has 1 unspecified atom stereocenters. The first-order chi connectivity index (χ1) is 18.8. The number of halogens is 1. The molecule has 0 saturated heterocycles. The smallest absolute Gasteiger partial charge is 0.348 e. The van der Waals surface area contributed by atoms with Crippen molar-refractivity contribution in [3.63, 3.8) is 0 Å². The first kappa shape index (κ1) is 31.2. The number of ether oxygens (including phenoxy) is 1. The summed E-state index contributed by atoms with van der Waals surface area (Å²) in [7, 11) is 0. The van der Waals surface area contributed by atoms with Gasteiger partial charge in [0.15, 0.2) is 0 Å². The van der Waals surface area contributed by atoms with Gasteiger partial charge in [-0.1, -0.05) is 55.8 Å². The van der Waals surface area contributed by atoms with Gasteiger partial charge in [0.25, 0.3) is 0 Å². The van der Waals surface area contributed by atoms with Crippen LogP contribution in [-0.4, -0.2) is 36.5 Å². The molecule has 0 aliphatic heterocycles. The van der Waals surface area contributed by atoms with Crippen molar-refractivity contribution >= 4 is 34.8 Å². The Bertz CT molecular complexity index is 1110. The summed E-state index contributed by atoms with van der Waals surface area (Å²) in [5.74, 6) is 0.782. The van der Waals surface area contributed by atoms with Crippen LogP contribution in [0.4, 0.5) is 0 Å². The second kappa shape index (κ2) is 16.0. The van der Waals surface area contributed by atoms with E-state index >= 15 is 0 Å². The van der Waals surface area contributed by atoms with Gasteiger partial charge in [0.1, 0.15) is 11.5 Å². The Morgan fingerprint density at radius 3 is 2.67 bits per heavy atom. The van der Waals surface area contributed by atoms with Crippen LogP contribution in [0.3, 0.4) is 0 Å². The predicted molar refractivity (Wildman–Crippen MR) is 164 cm³/mol. The summed E-state index contributed by atoms with van der Waals surface area (Å²) in [6.07, 6.45) is 13.1. The lowest BCUT2D eigenvalue weighted by atomic mass is 9.88. The Morgan fingerprint density at radius 1 is 1.18 bits per heavy atom. The summed E-state index contributed by atoms with van der Waals surface area (Å²) in [6, 6.07) is 10.1. The Labute approximate surface area is 244 Å². The van der Waals surface area contributed by atoms with Crippen molar-refractivity contribution in [2.45, 2.75) is 78.6 Å². The second-order valence-corrected chi connectivity index (χ2v) is 12.3. The molecule has 1 aromatic heterocycles.